The molecule has 0 aliphatic carbocycles. The fourth-order valence-electron chi connectivity index (χ4n) is 2.78. The number of carbonyl (C=O) groups excluding carboxylic acids is 1. The summed E-state index contributed by atoms with van der Waals surface area (Å²) in [4.78, 5) is 12.8. The maximum atomic E-state index is 12.8. The average molecular weight is 433 g/mol. The van der Waals surface area contributed by atoms with Gasteiger partial charge < -0.3 is 13.6 Å². The first-order chi connectivity index (χ1) is 11.7. The van der Waals surface area contributed by atoms with Gasteiger partial charge in [0.25, 0.3) is 0 Å². The van der Waals surface area contributed by atoms with Crippen LogP contribution in [0.25, 0.3) is 0 Å². The first-order valence-corrected chi connectivity index (χ1v) is 19.6. The van der Waals surface area contributed by atoms with E-state index in [4.69, 9.17) is 13.6 Å². The first kappa shape index (κ1) is 25.1. The van der Waals surface area contributed by atoms with Crippen molar-refractivity contribution in [3.8, 4) is 0 Å². The van der Waals surface area contributed by atoms with Crippen LogP contribution in [0.2, 0.25) is 61.4 Å². The molecule has 1 saturated heterocycles. The Hall–Kier alpha value is 0.0406. The Labute approximate surface area is 171 Å². The standard InChI is InChI=1S/C20H44O4Si3/c1-19(2,3)26(10,11)22-14-15-16(24-27(12,13)20(4,5)6)17(18(21)23-15)25(7,8)9/h15-17H,14H2,1-13H3/t15-,16-,17+/m1/s1. The lowest BCUT2D eigenvalue weighted by atomic mass is 10.2. The minimum absolute atomic E-state index is 0.0818. The summed E-state index contributed by atoms with van der Waals surface area (Å²) < 4.78 is 19.1. The summed E-state index contributed by atoms with van der Waals surface area (Å²) >= 11 is 0. The molecule has 4 nitrogen and oxygen atoms in total. The summed E-state index contributed by atoms with van der Waals surface area (Å²) in [7, 11) is -5.72. The lowest BCUT2D eigenvalue weighted by Crippen LogP contribution is -2.51. The Morgan fingerprint density at radius 2 is 1.30 bits per heavy atom. The Balaban J connectivity index is 3.13. The molecule has 1 aliphatic heterocycles. The maximum absolute atomic E-state index is 12.8. The molecular formula is C20H44O4Si3. The number of hydrogen-bond acceptors (Lipinski definition) is 4. The van der Waals surface area contributed by atoms with Gasteiger partial charge in [0.2, 0.25) is 0 Å². The Kier molecular flexibility index (Phi) is 7.15. The highest BCUT2D eigenvalue weighted by Gasteiger charge is 2.55. The van der Waals surface area contributed by atoms with Gasteiger partial charge in [-0.3, -0.25) is 4.79 Å². The van der Waals surface area contributed by atoms with Gasteiger partial charge in [-0.25, -0.2) is 0 Å². The molecule has 0 aromatic heterocycles. The maximum Gasteiger partial charge on any atom is 0.309 e. The van der Waals surface area contributed by atoms with Gasteiger partial charge in [0.05, 0.1) is 26.3 Å². The average Bonchev–Trinajstić information content (AvgIpc) is 2.68. The third-order valence-corrected chi connectivity index (χ3v) is 18.2. The van der Waals surface area contributed by atoms with Gasteiger partial charge in [0.1, 0.15) is 6.10 Å². The number of carbonyl (C=O) groups is 1. The van der Waals surface area contributed by atoms with E-state index >= 15 is 0 Å². The second-order valence-corrected chi connectivity index (χ2v) is 27.2. The molecule has 1 aliphatic rings. The van der Waals surface area contributed by atoms with Gasteiger partial charge in [0.15, 0.2) is 16.6 Å². The zero-order valence-corrected chi connectivity index (χ0v) is 23.1. The SMILES string of the molecule is CC(C)(C)[Si](C)(C)OC[C@H]1OC(=O)[C@@H]([Si](C)(C)C)[C@@H]1O[Si](C)(C)C(C)(C)C. The van der Waals surface area contributed by atoms with Gasteiger partial charge in [-0.1, -0.05) is 61.2 Å². The van der Waals surface area contributed by atoms with Crippen LogP contribution in [0.5, 0.6) is 0 Å². The summed E-state index contributed by atoms with van der Waals surface area (Å²) in [5, 5.41) is 0.219. The van der Waals surface area contributed by atoms with Crippen LogP contribution in [-0.2, 0) is 18.4 Å². The van der Waals surface area contributed by atoms with Crippen molar-refractivity contribution in [3.63, 3.8) is 0 Å². The second kappa shape index (κ2) is 7.70. The van der Waals surface area contributed by atoms with E-state index in [1.165, 1.54) is 0 Å². The lowest BCUT2D eigenvalue weighted by Gasteiger charge is -2.42. The molecular weight excluding hydrogens is 388 g/mol. The molecule has 0 unspecified atom stereocenters. The molecule has 3 atom stereocenters. The van der Waals surface area contributed by atoms with E-state index in [0.29, 0.717) is 6.61 Å². The van der Waals surface area contributed by atoms with Crippen LogP contribution in [0.1, 0.15) is 41.5 Å². The summed E-state index contributed by atoms with van der Waals surface area (Å²) in [6.45, 7) is 29.5. The molecule has 0 amide bonds. The molecule has 0 spiro atoms. The van der Waals surface area contributed by atoms with Crippen molar-refractivity contribution in [3.05, 3.63) is 0 Å². The number of esters is 1. The second-order valence-electron chi connectivity index (χ2n) is 12.2. The molecule has 7 heteroatoms. The van der Waals surface area contributed by atoms with Crippen molar-refractivity contribution in [1.82, 2.24) is 0 Å². The smallest absolute Gasteiger partial charge is 0.309 e. The molecule has 0 aromatic rings. The van der Waals surface area contributed by atoms with Crippen LogP contribution in [0.15, 0.2) is 0 Å². The number of ether oxygens (including phenoxy) is 1. The van der Waals surface area contributed by atoms with E-state index in [2.05, 4.69) is 87.4 Å². The molecule has 1 rings (SSSR count). The molecule has 0 bridgehead atoms. The largest absolute Gasteiger partial charge is 0.457 e. The molecule has 160 valence electrons. The van der Waals surface area contributed by atoms with Crippen LogP contribution in [-0.4, -0.2) is 49.5 Å². The number of rotatable bonds is 6. The first-order valence-electron chi connectivity index (χ1n) is 10.2. The third-order valence-electron chi connectivity index (χ3n) is 6.80. The summed E-state index contributed by atoms with van der Waals surface area (Å²) in [5.74, 6) is -0.0818. The van der Waals surface area contributed by atoms with E-state index < -0.39 is 24.7 Å². The molecule has 27 heavy (non-hydrogen) atoms. The van der Waals surface area contributed by atoms with Crippen LogP contribution in [0, 0.1) is 0 Å². The highest BCUT2D eigenvalue weighted by molar-refractivity contribution is 6.81. The molecule has 1 fully saturated rings. The molecule has 0 saturated carbocycles. The molecule has 0 radical (unpaired) electrons. The van der Waals surface area contributed by atoms with Crippen LogP contribution in [0.4, 0.5) is 0 Å². The molecule has 1 heterocycles. The van der Waals surface area contributed by atoms with E-state index in [1.54, 1.807) is 0 Å². The normalized spacial score (nSPS) is 25.7. The predicted molar refractivity (Wildman–Crippen MR) is 122 cm³/mol. The number of cyclic esters (lactones) is 1. The van der Waals surface area contributed by atoms with Crippen LogP contribution < -0.4 is 0 Å². The Morgan fingerprint density at radius 1 is 0.852 bits per heavy atom. The molecule has 0 aromatic carbocycles. The zero-order valence-electron chi connectivity index (χ0n) is 20.1. The van der Waals surface area contributed by atoms with Gasteiger partial charge in [-0.05, 0) is 36.3 Å². The topological polar surface area (TPSA) is 44.8 Å². The third kappa shape index (κ3) is 5.78. The van der Waals surface area contributed by atoms with Crippen molar-refractivity contribution in [2.75, 3.05) is 6.61 Å². The Bertz CT molecular complexity index is 539. The minimum atomic E-state index is -2.03. The van der Waals surface area contributed by atoms with Crippen molar-refractivity contribution in [1.29, 1.82) is 0 Å². The predicted octanol–water partition coefficient (Wildman–Crippen LogP) is 6.03. The summed E-state index contributed by atoms with van der Waals surface area (Å²) in [5.41, 5.74) is -0.125. The lowest BCUT2D eigenvalue weighted by molar-refractivity contribution is -0.143. The fourth-order valence-corrected chi connectivity index (χ4v) is 7.30. The van der Waals surface area contributed by atoms with Gasteiger partial charge in [0, 0.05) is 0 Å². The minimum Gasteiger partial charge on any atom is -0.457 e. The van der Waals surface area contributed by atoms with Crippen molar-refractivity contribution >= 4 is 30.7 Å². The van der Waals surface area contributed by atoms with Crippen molar-refractivity contribution in [2.45, 2.75) is 115 Å². The van der Waals surface area contributed by atoms with Gasteiger partial charge in [-0.2, -0.15) is 0 Å². The molecule has 0 N–H and O–H groups in total. The van der Waals surface area contributed by atoms with E-state index in [-0.39, 0.29) is 33.8 Å². The highest BCUT2D eigenvalue weighted by Crippen LogP contribution is 2.45. The van der Waals surface area contributed by atoms with Crippen LogP contribution in [0.3, 0.4) is 0 Å². The number of hydrogen-bond donors (Lipinski definition) is 0. The van der Waals surface area contributed by atoms with Gasteiger partial charge in [-0.15, -0.1) is 0 Å². The highest BCUT2D eigenvalue weighted by atomic mass is 28.4. The zero-order chi connectivity index (χ0) is 21.6. The van der Waals surface area contributed by atoms with E-state index in [1.807, 2.05) is 0 Å². The van der Waals surface area contributed by atoms with Crippen molar-refractivity contribution < 1.29 is 18.4 Å². The Morgan fingerprint density at radius 3 is 1.67 bits per heavy atom. The fraction of sp³-hybridized carbons (Fsp3) is 0.950. The van der Waals surface area contributed by atoms with Crippen molar-refractivity contribution in [2.24, 2.45) is 0 Å². The van der Waals surface area contributed by atoms with E-state index in [9.17, 15) is 4.79 Å². The quantitative estimate of drug-likeness (QED) is 0.379. The summed E-state index contributed by atoms with van der Waals surface area (Å²) in [6.07, 6.45) is -0.479. The monoisotopic (exact) mass is 432 g/mol. The van der Waals surface area contributed by atoms with Crippen LogP contribution >= 0.6 is 0 Å². The summed E-state index contributed by atoms with van der Waals surface area (Å²) in [6, 6.07) is 0. The van der Waals surface area contributed by atoms with Gasteiger partial charge >= 0.3 is 5.97 Å². The van der Waals surface area contributed by atoms with E-state index in [0.717, 1.165) is 0 Å².